The minimum atomic E-state index is -1.22. The average molecular weight is 901 g/mol. The van der Waals surface area contributed by atoms with Crippen LogP contribution in [0.25, 0.3) is 0 Å². The molecule has 2 aromatic rings. The molecule has 5 rings (SSSR count). The number of nitrogens with one attached hydrogen (secondary N) is 4. The summed E-state index contributed by atoms with van der Waals surface area (Å²) in [5.41, 5.74) is 7.27. The smallest absolute Gasteiger partial charge is 0.326 e. The quantitative estimate of drug-likeness (QED) is 0.113. The lowest BCUT2D eigenvalue weighted by Gasteiger charge is -2.34. The SMILES string of the molecule is CC[C@H](C)[C@H](NC(=O)[C@H](Cc1ccccc1)NC(=O)[C@@H]1CCCN1C(=O)[C@@H]1CCCN1C(=O)[C@H](CC(C)C)NC(=O)[C@H](C)N)C(=O)N1CCC[C@H]1C(=O)N[C@@H](Cc1ccccc1)C(=O)O. The van der Waals surface area contributed by atoms with Gasteiger partial charge in [0, 0.05) is 32.5 Å². The molecule has 0 aromatic heterocycles. The van der Waals surface area contributed by atoms with Crippen molar-refractivity contribution in [2.75, 3.05) is 19.6 Å². The second-order valence-electron chi connectivity index (χ2n) is 18.3. The molecular weight excluding hydrogens is 833 g/mol. The molecule has 9 atom stereocenters. The van der Waals surface area contributed by atoms with Gasteiger partial charge in [0.05, 0.1) is 6.04 Å². The monoisotopic (exact) mass is 901 g/mol. The minimum absolute atomic E-state index is 0.0585. The van der Waals surface area contributed by atoms with Crippen molar-refractivity contribution in [2.24, 2.45) is 17.6 Å². The van der Waals surface area contributed by atoms with E-state index in [0.717, 1.165) is 11.1 Å². The van der Waals surface area contributed by atoms with Crippen molar-refractivity contribution in [3.8, 4) is 0 Å². The first-order valence-electron chi connectivity index (χ1n) is 23.2. The van der Waals surface area contributed by atoms with E-state index < -0.39 is 83.8 Å². The number of carbonyl (C=O) groups is 8. The summed E-state index contributed by atoms with van der Waals surface area (Å²) in [4.78, 5) is 114. The van der Waals surface area contributed by atoms with E-state index in [4.69, 9.17) is 5.73 Å². The van der Waals surface area contributed by atoms with Crippen molar-refractivity contribution in [2.45, 2.75) is 147 Å². The van der Waals surface area contributed by atoms with Gasteiger partial charge in [0.1, 0.15) is 42.3 Å². The van der Waals surface area contributed by atoms with Gasteiger partial charge in [-0.2, -0.15) is 0 Å². The number of benzene rings is 2. The first kappa shape index (κ1) is 50.2. The third kappa shape index (κ3) is 13.1. The van der Waals surface area contributed by atoms with Crippen LogP contribution in [0.4, 0.5) is 0 Å². The predicted molar refractivity (Wildman–Crippen MR) is 242 cm³/mol. The van der Waals surface area contributed by atoms with Gasteiger partial charge in [-0.15, -0.1) is 0 Å². The van der Waals surface area contributed by atoms with E-state index in [2.05, 4.69) is 21.3 Å². The van der Waals surface area contributed by atoms with Gasteiger partial charge in [-0.05, 0) is 74.8 Å². The minimum Gasteiger partial charge on any atom is -0.480 e. The fourth-order valence-electron chi connectivity index (χ4n) is 9.04. The molecule has 3 aliphatic heterocycles. The Kier molecular flexibility index (Phi) is 18.0. The summed E-state index contributed by atoms with van der Waals surface area (Å²) in [6.45, 7) is 9.92. The van der Waals surface area contributed by atoms with Crippen LogP contribution in [0.15, 0.2) is 60.7 Å². The van der Waals surface area contributed by atoms with Crippen LogP contribution in [0.1, 0.15) is 97.1 Å². The first-order valence-corrected chi connectivity index (χ1v) is 23.2. The standard InChI is InChI=1S/C48H68N8O9/c1-6-30(4)40(47(63)55-24-14-21-38(55)44(60)52-36(48(64)65)28-33-18-11-8-12-19-33)53-42(58)34(27-32-16-9-7-10-17-32)50-43(59)37-20-13-23-54(37)46(62)39-22-15-25-56(39)45(61)35(26-29(2)3)51-41(57)31(5)49/h7-12,16-19,29-31,34-40H,6,13-15,20-28,49H2,1-5H3,(H,50,59)(H,51,57)(H,52,60)(H,53,58)(H,64,65)/t30-,31-,34-,35-,36-,37-,38-,39-,40-/m0/s1. The van der Waals surface area contributed by atoms with Crippen molar-refractivity contribution < 1.29 is 43.5 Å². The van der Waals surface area contributed by atoms with Gasteiger partial charge in [0.25, 0.3) is 0 Å². The van der Waals surface area contributed by atoms with Crippen LogP contribution in [0.5, 0.6) is 0 Å². The van der Waals surface area contributed by atoms with E-state index in [-0.39, 0.29) is 49.6 Å². The molecule has 3 aliphatic rings. The first-order chi connectivity index (χ1) is 31.0. The highest BCUT2D eigenvalue weighted by molar-refractivity contribution is 5.98. The number of hydrogen-bond donors (Lipinski definition) is 6. The van der Waals surface area contributed by atoms with Gasteiger partial charge >= 0.3 is 5.97 Å². The molecule has 354 valence electrons. The molecule has 17 heteroatoms. The van der Waals surface area contributed by atoms with E-state index in [1.54, 1.807) is 24.3 Å². The topological polar surface area (TPSA) is 241 Å². The molecule has 0 radical (unpaired) electrons. The summed E-state index contributed by atoms with van der Waals surface area (Å²) in [6.07, 6.45) is 3.61. The Morgan fingerprint density at radius 2 is 1.09 bits per heavy atom. The van der Waals surface area contributed by atoms with Crippen LogP contribution < -0.4 is 27.0 Å². The molecule has 0 bridgehead atoms. The molecule has 7 N–H and O–H groups in total. The third-order valence-corrected chi connectivity index (χ3v) is 12.8. The third-order valence-electron chi connectivity index (χ3n) is 12.8. The number of amides is 7. The summed E-state index contributed by atoms with van der Waals surface area (Å²) >= 11 is 0. The van der Waals surface area contributed by atoms with Gasteiger partial charge in [-0.3, -0.25) is 33.6 Å². The molecule has 17 nitrogen and oxygen atoms in total. The van der Waals surface area contributed by atoms with Crippen molar-refractivity contribution in [1.29, 1.82) is 0 Å². The zero-order chi connectivity index (χ0) is 47.4. The summed E-state index contributed by atoms with van der Waals surface area (Å²) in [5, 5.41) is 21.2. The van der Waals surface area contributed by atoms with Crippen LogP contribution in [-0.2, 0) is 51.2 Å². The number of hydrogen-bond acceptors (Lipinski definition) is 9. The van der Waals surface area contributed by atoms with Gasteiger partial charge in [0.15, 0.2) is 0 Å². The summed E-state index contributed by atoms with van der Waals surface area (Å²) in [5.74, 6) is -4.99. The van der Waals surface area contributed by atoms with E-state index >= 15 is 0 Å². The molecule has 65 heavy (non-hydrogen) atoms. The summed E-state index contributed by atoms with van der Waals surface area (Å²) in [6, 6.07) is 10.1. The Bertz CT molecular complexity index is 2000. The fourth-order valence-corrected chi connectivity index (χ4v) is 9.04. The number of carboxylic acid groups (broad SMARTS) is 1. The Morgan fingerprint density at radius 3 is 1.60 bits per heavy atom. The van der Waals surface area contributed by atoms with Crippen molar-refractivity contribution in [3.05, 3.63) is 71.8 Å². The second kappa shape index (κ2) is 23.4. The molecule has 0 unspecified atom stereocenters. The normalized spacial score (nSPS) is 21.2. The Morgan fingerprint density at radius 1 is 0.615 bits per heavy atom. The number of nitrogens with two attached hydrogens (primary N) is 1. The molecule has 0 saturated carbocycles. The van der Waals surface area contributed by atoms with Crippen LogP contribution in [0.3, 0.4) is 0 Å². The van der Waals surface area contributed by atoms with Crippen LogP contribution in [-0.4, -0.2) is 135 Å². The van der Waals surface area contributed by atoms with Gasteiger partial charge in [-0.1, -0.05) is 94.8 Å². The molecule has 3 saturated heterocycles. The number of carbonyl (C=O) groups excluding carboxylic acids is 7. The van der Waals surface area contributed by atoms with Gasteiger partial charge in [-0.25, -0.2) is 4.79 Å². The fraction of sp³-hybridized carbons (Fsp3) is 0.583. The average Bonchev–Trinajstić information content (AvgIpc) is 4.09. The molecule has 3 fully saturated rings. The van der Waals surface area contributed by atoms with Crippen LogP contribution in [0, 0.1) is 11.8 Å². The molecule has 3 heterocycles. The Balaban J connectivity index is 1.31. The van der Waals surface area contributed by atoms with E-state index in [1.165, 1.54) is 21.6 Å². The number of nitrogens with zero attached hydrogens (tertiary/aromatic N) is 3. The lowest BCUT2D eigenvalue weighted by molar-refractivity contribution is -0.148. The maximum absolute atomic E-state index is 14.5. The highest BCUT2D eigenvalue weighted by atomic mass is 16.4. The number of carboxylic acids is 1. The zero-order valence-electron chi connectivity index (χ0n) is 38.4. The van der Waals surface area contributed by atoms with E-state index in [0.29, 0.717) is 57.9 Å². The highest BCUT2D eigenvalue weighted by Gasteiger charge is 2.45. The largest absolute Gasteiger partial charge is 0.480 e. The summed E-state index contributed by atoms with van der Waals surface area (Å²) in [7, 11) is 0. The zero-order valence-corrected chi connectivity index (χ0v) is 38.4. The van der Waals surface area contributed by atoms with Crippen molar-refractivity contribution in [1.82, 2.24) is 36.0 Å². The maximum atomic E-state index is 14.5. The van der Waals surface area contributed by atoms with E-state index in [1.807, 2.05) is 64.1 Å². The molecule has 7 amide bonds. The molecular formula is C48H68N8O9. The number of rotatable bonds is 20. The maximum Gasteiger partial charge on any atom is 0.326 e. The lowest BCUT2D eigenvalue weighted by atomic mass is 9.96. The summed E-state index contributed by atoms with van der Waals surface area (Å²) < 4.78 is 0. The van der Waals surface area contributed by atoms with Gasteiger partial charge in [0.2, 0.25) is 41.4 Å². The predicted octanol–water partition coefficient (Wildman–Crippen LogP) is 1.91. The van der Waals surface area contributed by atoms with E-state index in [9.17, 15) is 43.5 Å². The highest BCUT2D eigenvalue weighted by Crippen LogP contribution is 2.27. The van der Waals surface area contributed by atoms with Crippen LogP contribution in [0.2, 0.25) is 0 Å². The van der Waals surface area contributed by atoms with Crippen molar-refractivity contribution >= 4 is 47.3 Å². The Labute approximate surface area is 382 Å². The van der Waals surface area contributed by atoms with Gasteiger partial charge < -0.3 is 46.8 Å². The number of aliphatic carboxylic acids is 1. The molecule has 0 spiro atoms. The Hall–Kier alpha value is -5.84. The molecule has 2 aromatic carbocycles. The van der Waals surface area contributed by atoms with Crippen molar-refractivity contribution in [3.63, 3.8) is 0 Å². The second-order valence-corrected chi connectivity index (χ2v) is 18.3. The van der Waals surface area contributed by atoms with Crippen LogP contribution >= 0.6 is 0 Å². The molecule has 0 aliphatic carbocycles. The number of likely N-dealkylation sites (tertiary alicyclic amines) is 3. The lowest BCUT2D eigenvalue weighted by Crippen LogP contribution is -2.61.